The molecular formula is C22H34IN5O2. The number of carbonyl (C=O) groups is 1. The van der Waals surface area contributed by atoms with Gasteiger partial charge in [0, 0.05) is 37.9 Å². The Morgan fingerprint density at radius 3 is 2.73 bits per heavy atom. The van der Waals surface area contributed by atoms with Gasteiger partial charge in [0.2, 0.25) is 0 Å². The van der Waals surface area contributed by atoms with Crippen molar-refractivity contribution in [1.82, 2.24) is 20.0 Å². The summed E-state index contributed by atoms with van der Waals surface area (Å²) in [6.07, 6.45) is 8.56. The van der Waals surface area contributed by atoms with Gasteiger partial charge in [-0.25, -0.2) is 4.98 Å². The van der Waals surface area contributed by atoms with Crippen molar-refractivity contribution >= 4 is 41.6 Å². The highest BCUT2D eigenvalue weighted by atomic mass is 127. The molecule has 0 aromatic carbocycles. The van der Waals surface area contributed by atoms with Crippen molar-refractivity contribution in [3.63, 3.8) is 0 Å². The summed E-state index contributed by atoms with van der Waals surface area (Å²) in [6.45, 7) is 7.96. The first kappa shape index (κ1) is 24.4. The number of hydrogen-bond acceptors (Lipinski definition) is 4. The van der Waals surface area contributed by atoms with E-state index in [-0.39, 0.29) is 35.9 Å². The van der Waals surface area contributed by atoms with Gasteiger partial charge in [-0.2, -0.15) is 0 Å². The zero-order valence-electron chi connectivity index (χ0n) is 18.2. The number of hydrogen-bond donors (Lipinski definition) is 2. The maximum atomic E-state index is 11.9. The van der Waals surface area contributed by atoms with Crippen molar-refractivity contribution in [3.8, 4) is 0 Å². The minimum Gasteiger partial charge on any atom is -0.466 e. The predicted molar refractivity (Wildman–Crippen MR) is 131 cm³/mol. The zero-order valence-corrected chi connectivity index (χ0v) is 20.5. The Labute approximate surface area is 196 Å². The van der Waals surface area contributed by atoms with Crippen molar-refractivity contribution < 1.29 is 9.53 Å². The van der Waals surface area contributed by atoms with Crippen LogP contribution in [0.1, 0.15) is 50.8 Å². The highest BCUT2D eigenvalue weighted by Gasteiger charge is 2.27. The number of pyridine rings is 1. The minimum atomic E-state index is -0.0470. The maximum Gasteiger partial charge on any atom is 0.308 e. The SMILES string of the molecule is CCNC(=NCCc1cn2cccc(C)c2n1)NC1CCC(C(=O)OCC)CC1.I. The fourth-order valence-electron chi connectivity index (χ4n) is 3.85. The van der Waals surface area contributed by atoms with Crippen LogP contribution < -0.4 is 10.6 Å². The number of nitrogens with zero attached hydrogens (tertiary/aromatic N) is 3. The molecule has 0 amide bonds. The van der Waals surface area contributed by atoms with Gasteiger partial charge in [-0.05, 0) is 58.1 Å². The Morgan fingerprint density at radius 2 is 2.07 bits per heavy atom. The predicted octanol–water partition coefficient (Wildman–Crippen LogP) is 3.48. The first-order valence-corrected chi connectivity index (χ1v) is 10.7. The Morgan fingerprint density at radius 1 is 1.30 bits per heavy atom. The van der Waals surface area contributed by atoms with Gasteiger partial charge in [-0.1, -0.05) is 6.07 Å². The lowest BCUT2D eigenvalue weighted by atomic mass is 9.86. The number of carbonyl (C=O) groups excluding carboxylic acids is 1. The van der Waals surface area contributed by atoms with Crippen LogP contribution in [0, 0.1) is 12.8 Å². The third-order valence-corrected chi connectivity index (χ3v) is 5.40. The van der Waals surface area contributed by atoms with Gasteiger partial charge in [0.1, 0.15) is 5.65 Å². The quantitative estimate of drug-likeness (QED) is 0.250. The number of esters is 1. The molecule has 2 aromatic rings. The summed E-state index contributed by atoms with van der Waals surface area (Å²) < 4.78 is 7.23. The number of ether oxygens (including phenoxy) is 1. The van der Waals surface area contributed by atoms with Gasteiger partial charge in [-0.3, -0.25) is 9.79 Å². The van der Waals surface area contributed by atoms with E-state index in [1.807, 2.05) is 19.2 Å². The van der Waals surface area contributed by atoms with E-state index in [9.17, 15) is 4.79 Å². The normalized spacial score (nSPS) is 19.2. The molecule has 2 aromatic heterocycles. The molecule has 1 fully saturated rings. The molecular weight excluding hydrogens is 493 g/mol. The molecule has 0 saturated heterocycles. The smallest absolute Gasteiger partial charge is 0.308 e. The molecule has 0 unspecified atom stereocenters. The Kier molecular flexibility index (Phi) is 9.87. The fraction of sp³-hybridized carbons (Fsp3) is 0.591. The standard InChI is InChI=1S/C22H33N5O2.HI/c1-4-23-22(26-18-10-8-17(9-11-18)21(28)29-5-2)24-13-12-19-15-27-14-6-7-16(3)20(27)25-19;/h6-7,14-15,17-18H,4-5,8-13H2,1-3H3,(H2,23,24,26);1H. The number of aryl methyl sites for hydroxylation is 1. The lowest BCUT2D eigenvalue weighted by molar-refractivity contribution is -0.149. The number of imidazole rings is 1. The molecule has 0 radical (unpaired) electrons. The molecule has 2 heterocycles. The second kappa shape index (κ2) is 12.1. The topological polar surface area (TPSA) is 80.0 Å². The number of aliphatic imine (C=N–C) groups is 1. The van der Waals surface area contributed by atoms with Crippen LogP contribution in [0.3, 0.4) is 0 Å². The first-order valence-electron chi connectivity index (χ1n) is 10.7. The minimum absolute atomic E-state index is 0. The third-order valence-electron chi connectivity index (χ3n) is 5.40. The van der Waals surface area contributed by atoms with Gasteiger partial charge >= 0.3 is 5.97 Å². The molecule has 3 rings (SSSR count). The van der Waals surface area contributed by atoms with Crippen LogP contribution >= 0.6 is 24.0 Å². The second-order valence-corrected chi connectivity index (χ2v) is 7.61. The Hall–Kier alpha value is -1.84. The zero-order chi connectivity index (χ0) is 20.6. The second-order valence-electron chi connectivity index (χ2n) is 7.61. The molecule has 7 nitrogen and oxygen atoms in total. The molecule has 0 atom stereocenters. The monoisotopic (exact) mass is 527 g/mol. The highest BCUT2D eigenvalue weighted by Crippen LogP contribution is 2.25. The molecule has 8 heteroatoms. The van der Waals surface area contributed by atoms with Crippen molar-refractivity contribution in [2.24, 2.45) is 10.9 Å². The van der Waals surface area contributed by atoms with Crippen molar-refractivity contribution in [3.05, 3.63) is 35.8 Å². The van der Waals surface area contributed by atoms with E-state index in [1.165, 1.54) is 5.56 Å². The first-order chi connectivity index (χ1) is 14.1. The lowest BCUT2D eigenvalue weighted by Crippen LogP contribution is -2.45. The average molecular weight is 527 g/mol. The van der Waals surface area contributed by atoms with E-state index in [2.05, 4.69) is 41.1 Å². The molecule has 1 aliphatic rings. The molecule has 0 bridgehead atoms. The number of rotatable bonds is 7. The number of nitrogens with one attached hydrogen (secondary N) is 2. The Balaban J connectivity index is 0.00000320. The van der Waals surface area contributed by atoms with E-state index in [1.54, 1.807) is 0 Å². The van der Waals surface area contributed by atoms with Crippen LogP contribution in [-0.4, -0.2) is 47.1 Å². The van der Waals surface area contributed by atoms with Crippen LogP contribution in [0.5, 0.6) is 0 Å². The summed E-state index contributed by atoms with van der Waals surface area (Å²) in [5.41, 5.74) is 3.24. The summed E-state index contributed by atoms with van der Waals surface area (Å²) in [4.78, 5) is 21.4. The largest absolute Gasteiger partial charge is 0.466 e. The van der Waals surface area contributed by atoms with Crippen LogP contribution in [0.4, 0.5) is 0 Å². The number of halogens is 1. The molecule has 30 heavy (non-hydrogen) atoms. The van der Waals surface area contributed by atoms with Crippen LogP contribution in [0.25, 0.3) is 5.65 Å². The van der Waals surface area contributed by atoms with E-state index in [0.717, 1.165) is 55.9 Å². The van der Waals surface area contributed by atoms with Crippen LogP contribution in [-0.2, 0) is 16.0 Å². The van der Waals surface area contributed by atoms with Crippen LogP contribution in [0.2, 0.25) is 0 Å². The summed E-state index contributed by atoms with van der Waals surface area (Å²) >= 11 is 0. The summed E-state index contributed by atoms with van der Waals surface area (Å²) in [5, 5.41) is 6.86. The molecule has 2 N–H and O–H groups in total. The molecule has 1 saturated carbocycles. The van der Waals surface area contributed by atoms with Crippen molar-refractivity contribution in [2.45, 2.75) is 58.9 Å². The summed E-state index contributed by atoms with van der Waals surface area (Å²) in [6, 6.07) is 4.46. The van der Waals surface area contributed by atoms with Crippen molar-refractivity contribution in [1.29, 1.82) is 0 Å². The summed E-state index contributed by atoms with van der Waals surface area (Å²) in [7, 11) is 0. The van der Waals surface area contributed by atoms with Gasteiger partial charge in [0.05, 0.1) is 18.2 Å². The van der Waals surface area contributed by atoms with Gasteiger partial charge < -0.3 is 19.8 Å². The average Bonchev–Trinajstić information content (AvgIpc) is 3.13. The van der Waals surface area contributed by atoms with Crippen LogP contribution in [0.15, 0.2) is 29.5 Å². The van der Waals surface area contributed by atoms with Crippen molar-refractivity contribution in [2.75, 3.05) is 19.7 Å². The summed E-state index contributed by atoms with van der Waals surface area (Å²) in [5.74, 6) is 0.840. The molecule has 166 valence electrons. The third kappa shape index (κ3) is 6.58. The van der Waals surface area contributed by atoms with E-state index < -0.39 is 0 Å². The van der Waals surface area contributed by atoms with E-state index in [4.69, 9.17) is 14.7 Å². The number of guanidine groups is 1. The maximum absolute atomic E-state index is 11.9. The van der Waals surface area contributed by atoms with Gasteiger partial charge in [0.15, 0.2) is 5.96 Å². The highest BCUT2D eigenvalue weighted by molar-refractivity contribution is 14.0. The van der Waals surface area contributed by atoms with E-state index >= 15 is 0 Å². The van der Waals surface area contributed by atoms with Gasteiger partial charge in [0.25, 0.3) is 0 Å². The molecule has 1 aliphatic carbocycles. The molecule has 0 aliphatic heterocycles. The number of fused-ring (bicyclic) bond motifs is 1. The lowest BCUT2D eigenvalue weighted by Gasteiger charge is -2.29. The van der Waals surface area contributed by atoms with E-state index in [0.29, 0.717) is 19.2 Å². The Bertz CT molecular complexity index is 843. The van der Waals surface area contributed by atoms with Gasteiger partial charge in [-0.15, -0.1) is 24.0 Å². The number of aromatic nitrogens is 2. The fourth-order valence-corrected chi connectivity index (χ4v) is 3.85. The molecule has 0 spiro atoms.